The largest absolute Gasteiger partial charge is 0.368 e. The predicted molar refractivity (Wildman–Crippen MR) is 121 cm³/mol. The lowest BCUT2D eigenvalue weighted by Gasteiger charge is -2.49. The number of hydrogen-bond acceptors (Lipinski definition) is 3. The predicted octanol–water partition coefficient (Wildman–Crippen LogP) is 4.12. The molecule has 1 amide bonds. The van der Waals surface area contributed by atoms with Gasteiger partial charge in [-0.3, -0.25) is 4.79 Å². The van der Waals surface area contributed by atoms with E-state index in [1.807, 2.05) is 6.92 Å². The van der Waals surface area contributed by atoms with Gasteiger partial charge in [-0.15, -0.1) is 0 Å². The van der Waals surface area contributed by atoms with Crippen LogP contribution in [0.2, 0.25) is 0 Å². The highest BCUT2D eigenvalue weighted by molar-refractivity contribution is 5.98. The van der Waals surface area contributed by atoms with Crippen LogP contribution in [0.1, 0.15) is 40.7 Å². The second-order valence-electron chi connectivity index (χ2n) is 9.26. The third-order valence-corrected chi connectivity index (χ3v) is 7.16. The van der Waals surface area contributed by atoms with E-state index in [1.54, 1.807) is 0 Å². The van der Waals surface area contributed by atoms with E-state index in [0.29, 0.717) is 12.1 Å². The van der Waals surface area contributed by atoms with Crippen LogP contribution in [0, 0.1) is 6.92 Å². The van der Waals surface area contributed by atoms with Crippen LogP contribution in [0.4, 0.5) is 5.69 Å². The quantitative estimate of drug-likeness (QED) is 0.696. The first-order chi connectivity index (χ1) is 14.6. The lowest BCUT2D eigenvalue weighted by molar-refractivity contribution is 0.0930. The van der Waals surface area contributed by atoms with Crippen molar-refractivity contribution in [2.24, 2.45) is 0 Å². The maximum atomic E-state index is 13.4. The number of nitrogens with zero attached hydrogens (tertiary/aromatic N) is 1. The molecule has 2 unspecified atom stereocenters. The van der Waals surface area contributed by atoms with Crippen LogP contribution in [0.5, 0.6) is 0 Å². The number of nitrogens with one attached hydrogen (secondary N) is 2. The second kappa shape index (κ2) is 6.58. The van der Waals surface area contributed by atoms with Gasteiger partial charge >= 0.3 is 0 Å². The molecule has 2 bridgehead atoms. The van der Waals surface area contributed by atoms with Crippen molar-refractivity contribution in [2.75, 3.05) is 18.0 Å². The van der Waals surface area contributed by atoms with Crippen LogP contribution in [0.15, 0.2) is 60.7 Å². The van der Waals surface area contributed by atoms with Crippen LogP contribution >= 0.6 is 0 Å². The number of amides is 1. The summed E-state index contributed by atoms with van der Waals surface area (Å²) >= 11 is 0. The fourth-order valence-corrected chi connectivity index (χ4v) is 5.29. The number of benzene rings is 3. The van der Waals surface area contributed by atoms with Crippen molar-refractivity contribution >= 4 is 22.4 Å². The molecule has 7 rings (SSSR count). The highest BCUT2D eigenvalue weighted by Crippen LogP contribution is 2.48. The van der Waals surface area contributed by atoms with Gasteiger partial charge in [0.1, 0.15) is 0 Å². The van der Waals surface area contributed by atoms with E-state index in [1.165, 1.54) is 22.8 Å². The Hall–Kier alpha value is -2.85. The van der Waals surface area contributed by atoms with E-state index >= 15 is 0 Å². The van der Waals surface area contributed by atoms with Crippen LogP contribution < -0.4 is 15.5 Å². The van der Waals surface area contributed by atoms with E-state index in [2.05, 4.69) is 76.2 Å². The molecule has 2 atom stereocenters. The molecule has 1 aliphatic carbocycles. The second-order valence-corrected chi connectivity index (χ2v) is 9.26. The Bertz CT molecular complexity index is 1130. The van der Waals surface area contributed by atoms with Gasteiger partial charge in [-0.25, -0.2) is 0 Å². The zero-order chi connectivity index (χ0) is 20.3. The number of carbonyl (C=O) groups is 1. The molecule has 4 heteroatoms. The Morgan fingerprint density at radius 2 is 1.77 bits per heavy atom. The average molecular weight is 398 g/mol. The van der Waals surface area contributed by atoms with Crippen molar-refractivity contribution in [1.29, 1.82) is 0 Å². The Balaban J connectivity index is 1.29. The lowest BCUT2D eigenvalue weighted by atomic mass is 9.90. The maximum Gasteiger partial charge on any atom is 0.252 e. The van der Waals surface area contributed by atoms with E-state index in [-0.39, 0.29) is 11.4 Å². The van der Waals surface area contributed by atoms with Gasteiger partial charge in [-0.05, 0) is 60.2 Å². The standard InChI is InChI=1S/C26H27N3O/c1-17-9-10-21(29-15-19-13-20(16-29)27-19)14-23(17)25(30)28-26(11-12-26)24-8-4-6-18-5-2-3-7-22(18)24/h2-10,14,19-20,27H,11-13,15-16H2,1H3,(H,28,30). The van der Waals surface area contributed by atoms with Gasteiger partial charge in [0, 0.05) is 36.4 Å². The molecule has 3 aromatic rings. The number of piperidine rings is 1. The summed E-state index contributed by atoms with van der Waals surface area (Å²) in [5.41, 5.74) is 4.00. The summed E-state index contributed by atoms with van der Waals surface area (Å²) in [5.74, 6) is 0.0417. The number of rotatable bonds is 4. The Morgan fingerprint density at radius 3 is 2.53 bits per heavy atom. The molecule has 152 valence electrons. The Morgan fingerprint density at radius 1 is 1.03 bits per heavy atom. The smallest absolute Gasteiger partial charge is 0.252 e. The summed E-state index contributed by atoms with van der Waals surface area (Å²) < 4.78 is 0. The number of aryl methyl sites for hydroxylation is 1. The van der Waals surface area contributed by atoms with E-state index in [9.17, 15) is 4.79 Å². The molecule has 0 spiro atoms. The van der Waals surface area contributed by atoms with Crippen molar-refractivity contribution < 1.29 is 4.79 Å². The summed E-state index contributed by atoms with van der Waals surface area (Å²) in [4.78, 5) is 15.8. The molecular formula is C26H27N3O. The summed E-state index contributed by atoms with van der Waals surface area (Å²) in [7, 11) is 0. The molecule has 3 saturated heterocycles. The fraction of sp³-hybridized carbons (Fsp3) is 0.346. The third kappa shape index (κ3) is 2.90. The number of piperazine rings is 1. The number of carbonyl (C=O) groups excluding carboxylic acids is 1. The van der Waals surface area contributed by atoms with Gasteiger partial charge < -0.3 is 15.5 Å². The molecule has 2 N–H and O–H groups in total. The number of anilines is 1. The number of fused-ring (bicyclic) bond motifs is 3. The molecule has 30 heavy (non-hydrogen) atoms. The summed E-state index contributed by atoms with van der Waals surface area (Å²) in [5, 5.41) is 9.46. The molecule has 0 radical (unpaired) electrons. The van der Waals surface area contributed by atoms with Crippen LogP contribution in [-0.4, -0.2) is 31.1 Å². The normalized spacial score (nSPS) is 23.7. The van der Waals surface area contributed by atoms with Crippen LogP contribution in [0.3, 0.4) is 0 Å². The summed E-state index contributed by atoms with van der Waals surface area (Å²) in [6, 6.07) is 22.4. The van der Waals surface area contributed by atoms with Gasteiger partial charge in [-0.1, -0.05) is 48.5 Å². The SMILES string of the molecule is Cc1ccc(N2CC3CC(C2)N3)cc1C(=O)NC1(c2cccc3ccccc23)CC1. The third-order valence-electron chi connectivity index (χ3n) is 7.16. The minimum absolute atomic E-state index is 0.0417. The van der Waals surface area contributed by atoms with Gasteiger partial charge in [0.2, 0.25) is 0 Å². The topological polar surface area (TPSA) is 44.4 Å². The molecule has 3 aliphatic heterocycles. The van der Waals surface area contributed by atoms with Crippen molar-refractivity contribution in [3.63, 3.8) is 0 Å². The zero-order valence-corrected chi connectivity index (χ0v) is 17.3. The van der Waals surface area contributed by atoms with Crippen LogP contribution in [0.25, 0.3) is 10.8 Å². The van der Waals surface area contributed by atoms with Crippen molar-refractivity contribution in [1.82, 2.24) is 10.6 Å². The molecular weight excluding hydrogens is 370 g/mol. The van der Waals surface area contributed by atoms with E-state index in [0.717, 1.165) is 42.7 Å². The first kappa shape index (κ1) is 18.0. The average Bonchev–Trinajstić information content (AvgIpc) is 3.53. The molecule has 4 aliphatic rings. The van der Waals surface area contributed by atoms with Gasteiger partial charge in [0.05, 0.1) is 5.54 Å². The van der Waals surface area contributed by atoms with E-state index < -0.39 is 0 Å². The molecule has 1 saturated carbocycles. The monoisotopic (exact) mass is 397 g/mol. The lowest BCUT2D eigenvalue weighted by Crippen LogP contribution is -2.67. The molecule has 0 aromatic heterocycles. The van der Waals surface area contributed by atoms with Gasteiger partial charge in [0.25, 0.3) is 5.91 Å². The fourth-order valence-electron chi connectivity index (χ4n) is 5.29. The maximum absolute atomic E-state index is 13.4. The summed E-state index contributed by atoms with van der Waals surface area (Å²) in [6.07, 6.45) is 3.27. The molecule has 4 nitrogen and oxygen atoms in total. The highest BCUT2D eigenvalue weighted by Gasteiger charge is 2.46. The first-order valence-corrected chi connectivity index (χ1v) is 11.0. The number of hydrogen-bond donors (Lipinski definition) is 2. The van der Waals surface area contributed by atoms with Crippen molar-refractivity contribution in [3.05, 3.63) is 77.4 Å². The zero-order valence-electron chi connectivity index (χ0n) is 17.3. The Labute approximate surface area is 177 Å². The first-order valence-electron chi connectivity index (χ1n) is 11.0. The van der Waals surface area contributed by atoms with Gasteiger partial charge in [0.15, 0.2) is 0 Å². The van der Waals surface area contributed by atoms with E-state index in [4.69, 9.17) is 0 Å². The molecule has 3 heterocycles. The van der Waals surface area contributed by atoms with Gasteiger partial charge in [-0.2, -0.15) is 0 Å². The summed E-state index contributed by atoms with van der Waals surface area (Å²) in [6.45, 7) is 4.09. The minimum Gasteiger partial charge on any atom is -0.368 e. The minimum atomic E-state index is -0.239. The van der Waals surface area contributed by atoms with Crippen molar-refractivity contribution in [3.8, 4) is 0 Å². The van der Waals surface area contributed by atoms with Crippen molar-refractivity contribution in [2.45, 2.75) is 43.8 Å². The Kier molecular flexibility index (Phi) is 3.94. The molecule has 4 fully saturated rings. The molecule has 3 aromatic carbocycles. The highest BCUT2D eigenvalue weighted by atomic mass is 16.1. The van der Waals surface area contributed by atoms with Crippen LogP contribution in [-0.2, 0) is 5.54 Å².